The first kappa shape index (κ1) is 18.4. The van der Waals surface area contributed by atoms with Crippen LogP contribution in [0.25, 0.3) is 0 Å². The number of aromatic nitrogens is 1. The van der Waals surface area contributed by atoms with Crippen molar-refractivity contribution >= 4 is 11.9 Å². The maximum absolute atomic E-state index is 12.5. The van der Waals surface area contributed by atoms with Crippen LogP contribution >= 0.6 is 0 Å². The van der Waals surface area contributed by atoms with Gasteiger partial charge in [0, 0.05) is 51.7 Å². The number of aryl methyl sites for hydroxylation is 1. The van der Waals surface area contributed by atoms with Crippen molar-refractivity contribution in [2.24, 2.45) is 4.99 Å². The molecule has 7 heteroatoms. The van der Waals surface area contributed by atoms with Crippen LogP contribution in [0.4, 0.5) is 5.69 Å². The predicted molar refractivity (Wildman–Crippen MR) is 109 cm³/mol. The van der Waals surface area contributed by atoms with E-state index in [1.165, 1.54) is 5.56 Å². The average molecular weight is 376 g/mol. The Morgan fingerprint density at radius 1 is 1.18 bits per heavy atom. The van der Waals surface area contributed by atoms with Crippen molar-refractivity contribution < 1.29 is 0 Å². The summed E-state index contributed by atoms with van der Waals surface area (Å²) in [7, 11) is 0. The summed E-state index contributed by atoms with van der Waals surface area (Å²) in [6, 6.07) is 14.6. The van der Waals surface area contributed by atoms with E-state index >= 15 is 0 Å². The Balaban J connectivity index is 1.48. The third-order valence-corrected chi connectivity index (χ3v) is 5.47. The molecule has 2 aliphatic rings. The number of pyridine rings is 1. The molecule has 3 heterocycles. The molecule has 1 N–H and O–H groups in total. The Morgan fingerprint density at radius 2 is 1.93 bits per heavy atom. The molecule has 144 valence electrons. The lowest BCUT2D eigenvalue weighted by molar-refractivity contribution is 0.0759. The van der Waals surface area contributed by atoms with Gasteiger partial charge in [-0.3, -0.25) is 9.69 Å². The summed E-state index contributed by atoms with van der Waals surface area (Å²) in [6.45, 7) is 6.62. The summed E-state index contributed by atoms with van der Waals surface area (Å²) in [6.07, 6.45) is 3.31. The molecule has 0 bridgehead atoms. The number of piperazine rings is 1. The number of nitrogens with one attached hydrogen (secondary N) is 1. The third kappa shape index (κ3) is 3.33. The number of benzene rings is 1. The van der Waals surface area contributed by atoms with E-state index in [2.05, 4.69) is 50.4 Å². The highest BCUT2D eigenvalue weighted by molar-refractivity contribution is 5.90. The van der Waals surface area contributed by atoms with Crippen LogP contribution in [0.1, 0.15) is 18.1 Å². The van der Waals surface area contributed by atoms with Crippen LogP contribution in [0, 0.1) is 11.3 Å². The van der Waals surface area contributed by atoms with Crippen LogP contribution in [0.3, 0.4) is 0 Å². The molecule has 0 radical (unpaired) electrons. The first-order chi connectivity index (χ1) is 13.6. The topological polar surface area (TPSA) is 76.7 Å². The van der Waals surface area contributed by atoms with Crippen molar-refractivity contribution in [3.8, 4) is 6.07 Å². The maximum Gasteiger partial charge on any atom is 0.278 e. The summed E-state index contributed by atoms with van der Waals surface area (Å²) in [5, 5.41) is 13.1. The van der Waals surface area contributed by atoms with Crippen molar-refractivity contribution in [1.29, 1.82) is 5.26 Å². The molecule has 0 amide bonds. The highest BCUT2D eigenvalue weighted by Gasteiger charge is 2.40. The van der Waals surface area contributed by atoms with Gasteiger partial charge in [0.15, 0.2) is 0 Å². The van der Waals surface area contributed by atoms with E-state index < -0.39 is 5.79 Å². The van der Waals surface area contributed by atoms with Gasteiger partial charge in [-0.05, 0) is 18.6 Å². The van der Waals surface area contributed by atoms with E-state index in [4.69, 9.17) is 0 Å². The molecule has 0 saturated carbocycles. The lowest BCUT2D eigenvalue weighted by Crippen LogP contribution is -2.60. The van der Waals surface area contributed by atoms with Crippen LogP contribution in [-0.4, -0.2) is 52.5 Å². The summed E-state index contributed by atoms with van der Waals surface area (Å²) >= 11 is 0. The fourth-order valence-corrected chi connectivity index (χ4v) is 3.81. The smallest absolute Gasteiger partial charge is 0.278 e. The Hall–Kier alpha value is -2.95. The molecule has 2 aromatic rings. The summed E-state index contributed by atoms with van der Waals surface area (Å²) in [4.78, 5) is 21.4. The van der Waals surface area contributed by atoms with Gasteiger partial charge in [0.2, 0.25) is 0 Å². The van der Waals surface area contributed by atoms with Gasteiger partial charge in [0.1, 0.15) is 6.07 Å². The zero-order valence-corrected chi connectivity index (χ0v) is 16.0. The first-order valence-corrected chi connectivity index (χ1v) is 9.64. The van der Waals surface area contributed by atoms with Crippen molar-refractivity contribution in [2.45, 2.75) is 25.8 Å². The summed E-state index contributed by atoms with van der Waals surface area (Å²) in [5.41, 5.74) is 2.38. The van der Waals surface area contributed by atoms with Gasteiger partial charge in [0.25, 0.3) is 11.3 Å². The monoisotopic (exact) mass is 376 g/mol. The van der Waals surface area contributed by atoms with E-state index in [9.17, 15) is 10.1 Å². The van der Waals surface area contributed by atoms with E-state index in [1.807, 2.05) is 19.1 Å². The van der Waals surface area contributed by atoms with E-state index in [-0.39, 0.29) is 5.56 Å². The van der Waals surface area contributed by atoms with Gasteiger partial charge in [-0.2, -0.15) is 5.26 Å². The Labute approximate surface area is 164 Å². The third-order valence-electron chi connectivity index (χ3n) is 5.47. The Morgan fingerprint density at radius 3 is 2.61 bits per heavy atom. The minimum Gasteiger partial charge on any atom is -0.336 e. The SMILES string of the molecule is CCn1ccc2c(c1=O)C=NC(C#N)(N1CCN(Cc3ccccc3)CC1)N2. The minimum atomic E-state index is -1.16. The van der Waals surface area contributed by atoms with Gasteiger partial charge < -0.3 is 9.88 Å². The van der Waals surface area contributed by atoms with Crippen LogP contribution in [0.5, 0.6) is 0 Å². The molecule has 7 nitrogen and oxygen atoms in total. The second-order valence-corrected chi connectivity index (χ2v) is 7.15. The van der Waals surface area contributed by atoms with Crippen LogP contribution in [-0.2, 0) is 13.1 Å². The number of aliphatic imine (C=N–C) groups is 1. The van der Waals surface area contributed by atoms with Crippen molar-refractivity contribution in [2.75, 3.05) is 31.5 Å². The van der Waals surface area contributed by atoms with E-state index in [0.29, 0.717) is 17.8 Å². The molecule has 4 rings (SSSR count). The largest absolute Gasteiger partial charge is 0.336 e. The van der Waals surface area contributed by atoms with Crippen molar-refractivity contribution in [3.05, 3.63) is 64.1 Å². The van der Waals surface area contributed by atoms with Crippen LogP contribution in [0.2, 0.25) is 0 Å². The van der Waals surface area contributed by atoms with Gasteiger partial charge in [-0.25, -0.2) is 9.89 Å². The number of nitrogens with zero attached hydrogens (tertiary/aromatic N) is 5. The number of nitriles is 1. The van der Waals surface area contributed by atoms with Crippen molar-refractivity contribution in [1.82, 2.24) is 14.4 Å². The lowest BCUT2D eigenvalue weighted by atomic mass is 10.1. The Kier molecular flexibility index (Phi) is 4.99. The minimum absolute atomic E-state index is 0.0875. The highest BCUT2D eigenvalue weighted by atomic mass is 16.1. The van der Waals surface area contributed by atoms with E-state index in [1.54, 1.807) is 17.0 Å². The number of anilines is 1. The van der Waals surface area contributed by atoms with Crippen LogP contribution in [0.15, 0.2) is 52.4 Å². The van der Waals surface area contributed by atoms with Crippen molar-refractivity contribution in [3.63, 3.8) is 0 Å². The van der Waals surface area contributed by atoms with E-state index in [0.717, 1.165) is 32.7 Å². The standard InChI is InChI=1S/C21H24N6O/c1-2-26-9-8-19-18(20(26)28)14-23-21(16-22,24-19)27-12-10-25(11-13-27)15-17-6-4-3-5-7-17/h3-9,14,24H,2,10-13,15H2,1H3. The zero-order valence-electron chi connectivity index (χ0n) is 16.0. The molecule has 0 spiro atoms. The number of hydrogen-bond donors (Lipinski definition) is 1. The average Bonchev–Trinajstić information content (AvgIpc) is 2.75. The molecule has 1 aromatic heterocycles. The molecular weight excluding hydrogens is 352 g/mol. The number of rotatable bonds is 4. The highest BCUT2D eigenvalue weighted by Crippen LogP contribution is 2.27. The molecule has 1 aromatic carbocycles. The molecule has 1 unspecified atom stereocenters. The van der Waals surface area contributed by atoms with Gasteiger partial charge in [-0.15, -0.1) is 0 Å². The summed E-state index contributed by atoms with van der Waals surface area (Å²) < 4.78 is 1.63. The van der Waals surface area contributed by atoms with Gasteiger partial charge in [0.05, 0.1) is 11.3 Å². The zero-order chi connectivity index (χ0) is 19.6. The molecule has 1 saturated heterocycles. The first-order valence-electron chi connectivity index (χ1n) is 9.64. The fourth-order valence-electron chi connectivity index (χ4n) is 3.81. The van der Waals surface area contributed by atoms with Crippen LogP contribution < -0.4 is 10.9 Å². The fraction of sp³-hybridized carbons (Fsp3) is 0.381. The predicted octanol–water partition coefficient (Wildman–Crippen LogP) is 1.71. The Bertz CT molecular complexity index is 969. The molecule has 2 aliphatic heterocycles. The van der Waals surface area contributed by atoms with Gasteiger partial charge >= 0.3 is 0 Å². The second kappa shape index (κ2) is 7.58. The molecule has 1 atom stereocenters. The molecular formula is C21H24N6O. The molecule has 1 fully saturated rings. The number of hydrogen-bond acceptors (Lipinski definition) is 6. The lowest BCUT2D eigenvalue weighted by Gasteiger charge is -2.43. The normalized spacial score (nSPS) is 22.3. The quantitative estimate of drug-likeness (QED) is 0.879. The summed E-state index contributed by atoms with van der Waals surface area (Å²) in [5.74, 6) is -1.16. The molecule has 0 aliphatic carbocycles. The number of fused-ring (bicyclic) bond motifs is 1. The molecule has 28 heavy (non-hydrogen) atoms. The maximum atomic E-state index is 12.5. The van der Waals surface area contributed by atoms with Gasteiger partial charge in [-0.1, -0.05) is 30.3 Å². The second-order valence-electron chi connectivity index (χ2n) is 7.15.